The van der Waals surface area contributed by atoms with Crippen molar-refractivity contribution in [3.63, 3.8) is 0 Å². The first-order chi connectivity index (χ1) is 7.83. The van der Waals surface area contributed by atoms with Crippen LogP contribution in [0.15, 0.2) is 42.5 Å². The van der Waals surface area contributed by atoms with E-state index in [1.165, 1.54) is 0 Å². The van der Waals surface area contributed by atoms with Gasteiger partial charge < -0.3 is 5.11 Å². The van der Waals surface area contributed by atoms with E-state index in [1.807, 2.05) is 30.3 Å². The van der Waals surface area contributed by atoms with Gasteiger partial charge in [0.05, 0.1) is 0 Å². The highest BCUT2D eigenvalue weighted by molar-refractivity contribution is 5.92. The molecule has 0 heterocycles. The molecule has 0 aromatic heterocycles. The van der Waals surface area contributed by atoms with E-state index in [0.29, 0.717) is 5.75 Å². The van der Waals surface area contributed by atoms with Gasteiger partial charge in [-0.25, -0.2) is 0 Å². The Morgan fingerprint density at radius 1 is 1.12 bits per heavy atom. The maximum Gasteiger partial charge on any atom is 0.123 e. The maximum atomic E-state index is 9.86. The lowest BCUT2D eigenvalue weighted by molar-refractivity contribution is 0.475. The van der Waals surface area contributed by atoms with E-state index < -0.39 is 0 Å². The molecule has 0 aliphatic heterocycles. The number of aromatic hydroxyl groups is 1. The Bertz CT molecular complexity index is 512. The van der Waals surface area contributed by atoms with Gasteiger partial charge in [0.25, 0.3) is 0 Å². The van der Waals surface area contributed by atoms with Gasteiger partial charge in [-0.1, -0.05) is 55.8 Å². The molecule has 2 rings (SSSR count). The van der Waals surface area contributed by atoms with Crippen molar-refractivity contribution in [1.82, 2.24) is 0 Å². The molecule has 82 valence electrons. The molecule has 2 aromatic carbocycles. The minimum Gasteiger partial charge on any atom is -0.507 e. The van der Waals surface area contributed by atoms with Crippen molar-refractivity contribution >= 4 is 16.8 Å². The molecular formula is C15H16O. The molecule has 0 spiro atoms. The first-order valence-corrected chi connectivity index (χ1v) is 5.70. The highest BCUT2D eigenvalue weighted by Gasteiger charge is 2.02. The summed E-state index contributed by atoms with van der Waals surface area (Å²) < 4.78 is 0. The van der Waals surface area contributed by atoms with Crippen molar-refractivity contribution in [2.75, 3.05) is 0 Å². The fourth-order valence-electron chi connectivity index (χ4n) is 1.83. The zero-order chi connectivity index (χ0) is 11.4. The number of benzene rings is 2. The van der Waals surface area contributed by atoms with E-state index in [0.717, 1.165) is 29.2 Å². The van der Waals surface area contributed by atoms with Crippen molar-refractivity contribution in [1.29, 1.82) is 0 Å². The summed E-state index contributed by atoms with van der Waals surface area (Å²) >= 11 is 0. The van der Waals surface area contributed by atoms with Gasteiger partial charge >= 0.3 is 0 Å². The van der Waals surface area contributed by atoms with Crippen LogP contribution in [0.25, 0.3) is 16.8 Å². The fraction of sp³-hybridized carbons (Fsp3) is 0.200. The highest BCUT2D eigenvalue weighted by Crippen LogP contribution is 2.28. The second-order valence-corrected chi connectivity index (χ2v) is 3.91. The monoisotopic (exact) mass is 212 g/mol. The first-order valence-electron chi connectivity index (χ1n) is 5.70. The van der Waals surface area contributed by atoms with Crippen LogP contribution in [-0.2, 0) is 0 Å². The van der Waals surface area contributed by atoms with Gasteiger partial charge in [0.15, 0.2) is 0 Å². The van der Waals surface area contributed by atoms with Crippen LogP contribution in [0, 0.1) is 0 Å². The number of unbranched alkanes of at least 4 members (excludes halogenated alkanes) is 1. The summed E-state index contributed by atoms with van der Waals surface area (Å²) in [6, 6.07) is 11.8. The zero-order valence-corrected chi connectivity index (χ0v) is 9.48. The van der Waals surface area contributed by atoms with Crippen molar-refractivity contribution in [3.8, 4) is 5.75 Å². The number of phenols is 1. The zero-order valence-electron chi connectivity index (χ0n) is 9.48. The molecule has 16 heavy (non-hydrogen) atoms. The third-order valence-corrected chi connectivity index (χ3v) is 2.69. The van der Waals surface area contributed by atoms with Gasteiger partial charge in [-0.3, -0.25) is 0 Å². The Kier molecular flexibility index (Phi) is 3.25. The average Bonchev–Trinajstić information content (AvgIpc) is 2.32. The van der Waals surface area contributed by atoms with Crippen LogP contribution in [-0.4, -0.2) is 5.11 Å². The van der Waals surface area contributed by atoms with E-state index in [4.69, 9.17) is 0 Å². The molecule has 0 atom stereocenters. The molecule has 0 amide bonds. The van der Waals surface area contributed by atoms with Crippen LogP contribution in [0.5, 0.6) is 5.75 Å². The van der Waals surface area contributed by atoms with Gasteiger partial charge in [-0.05, 0) is 23.3 Å². The molecule has 1 heteroatoms. The summed E-state index contributed by atoms with van der Waals surface area (Å²) in [5, 5.41) is 12.1. The van der Waals surface area contributed by atoms with Crippen molar-refractivity contribution in [2.45, 2.75) is 19.8 Å². The molecule has 0 aliphatic rings. The standard InChI is InChI=1S/C15H16O/c1-2-3-4-9-14-13-8-6-5-7-12(13)10-11-15(14)16/h4-11,16H,2-3H2,1H3/b9-4+. The van der Waals surface area contributed by atoms with Gasteiger partial charge in [0.1, 0.15) is 5.75 Å². The number of allylic oxidation sites excluding steroid dienone is 1. The maximum absolute atomic E-state index is 9.86. The third kappa shape index (κ3) is 2.08. The number of fused-ring (bicyclic) bond motifs is 1. The van der Waals surface area contributed by atoms with Gasteiger partial charge in [0, 0.05) is 5.56 Å². The molecule has 0 bridgehead atoms. The molecule has 0 saturated carbocycles. The number of hydrogen-bond donors (Lipinski definition) is 1. The third-order valence-electron chi connectivity index (χ3n) is 2.69. The summed E-state index contributed by atoms with van der Waals surface area (Å²) in [5.74, 6) is 0.353. The molecule has 1 nitrogen and oxygen atoms in total. The predicted octanol–water partition coefficient (Wildman–Crippen LogP) is 4.36. The topological polar surface area (TPSA) is 20.2 Å². The van der Waals surface area contributed by atoms with Gasteiger partial charge in [0.2, 0.25) is 0 Å². The van der Waals surface area contributed by atoms with Crippen LogP contribution in [0.4, 0.5) is 0 Å². The van der Waals surface area contributed by atoms with Crippen molar-refractivity contribution < 1.29 is 5.11 Å². The fourth-order valence-corrected chi connectivity index (χ4v) is 1.83. The van der Waals surface area contributed by atoms with E-state index in [2.05, 4.69) is 19.1 Å². The van der Waals surface area contributed by atoms with E-state index in [9.17, 15) is 5.11 Å². The Hall–Kier alpha value is -1.76. The highest BCUT2D eigenvalue weighted by atomic mass is 16.3. The van der Waals surface area contributed by atoms with Gasteiger partial charge in [-0.2, -0.15) is 0 Å². The Morgan fingerprint density at radius 2 is 1.94 bits per heavy atom. The molecular weight excluding hydrogens is 196 g/mol. The summed E-state index contributed by atoms with van der Waals surface area (Å²) in [5.41, 5.74) is 0.923. The van der Waals surface area contributed by atoms with E-state index in [1.54, 1.807) is 6.07 Å². The SMILES string of the molecule is CCC/C=C/c1c(O)ccc2ccccc12. The summed E-state index contributed by atoms with van der Waals surface area (Å²) in [7, 11) is 0. The molecule has 1 N–H and O–H groups in total. The average molecular weight is 212 g/mol. The molecule has 0 aliphatic carbocycles. The van der Waals surface area contributed by atoms with Crippen LogP contribution >= 0.6 is 0 Å². The molecule has 0 radical (unpaired) electrons. The van der Waals surface area contributed by atoms with Crippen molar-refractivity contribution in [2.24, 2.45) is 0 Å². The van der Waals surface area contributed by atoms with Crippen LogP contribution in [0.2, 0.25) is 0 Å². The quantitative estimate of drug-likeness (QED) is 0.801. The van der Waals surface area contributed by atoms with Crippen LogP contribution in [0.1, 0.15) is 25.3 Å². The van der Waals surface area contributed by atoms with E-state index >= 15 is 0 Å². The molecule has 0 saturated heterocycles. The first kappa shape index (κ1) is 10.7. The van der Waals surface area contributed by atoms with Crippen LogP contribution in [0.3, 0.4) is 0 Å². The second-order valence-electron chi connectivity index (χ2n) is 3.91. The second kappa shape index (κ2) is 4.84. The Morgan fingerprint density at radius 3 is 2.75 bits per heavy atom. The lowest BCUT2D eigenvalue weighted by Gasteiger charge is -2.04. The molecule has 0 fully saturated rings. The smallest absolute Gasteiger partial charge is 0.123 e. The number of hydrogen-bond acceptors (Lipinski definition) is 1. The Labute approximate surface area is 96.0 Å². The summed E-state index contributed by atoms with van der Waals surface area (Å²) in [6.45, 7) is 2.15. The lowest BCUT2D eigenvalue weighted by Crippen LogP contribution is -1.79. The van der Waals surface area contributed by atoms with Gasteiger partial charge in [-0.15, -0.1) is 0 Å². The number of phenolic OH excluding ortho intramolecular Hbond substituents is 1. The largest absolute Gasteiger partial charge is 0.507 e. The number of rotatable bonds is 3. The summed E-state index contributed by atoms with van der Waals surface area (Å²) in [4.78, 5) is 0. The predicted molar refractivity (Wildman–Crippen MR) is 69.6 cm³/mol. The Balaban J connectivity index is 2.52. The lowest BCUT2D eigenvalue weighted by atomic mass is 10.0. The molecule has 0 unspecified atom stereocenters. The normalized spacial score (nSPS) is 11.3. The van der Waals surface area contributed by atoms with E-state index in [-0.39, 0.29) is 0 Å². The van der Waals surface area contributed by atoms with Crippen molar-refractivity contribution in [3.05, 3.63) is 48.0 Å². The summed E-state index contributed by atoms with van der Waals surface area (Å²) in [6.07, 6.45) is 6.30. The minimum absolute atomic E-state index is 0.353. The van der Waals surface area contributed by atoms with Crippen LogP contribution < -0.4 is 0 Å². The molecule has 2 aromatic rings. The minimum atomic E-state index is 0.353.